The number of likely N-dealkylation sites (tertiary alicyclic amines) is 1. The van der Waals surface area contributed by atoms with E-state index in [0.29, 0.717) is 12.8 Å². The highest BCUT2D eigenvalue weighted by Crippen LogP contribution is 2.38. The van der Waals surface area contributed by atoms with Crippen LogP contribution in [0.25, 0.3) is 11.1 Å². The molecule has 28 heavy (non-hydrogen) atoms. The van der Waals surface area contributed by atoms with Gasteiger partial charge < -0.3 is 4.74 Å². The summed E-state index contributed by atoms with van der Waals surface area (Å²) in [5.74, 6) is -0.159. The molecule has 0 spiro atoms. The van der Waals surface area contributed by atoms with Crippen LogP contribution in [0.5, 0.6) is 0 Å². The Morgan fingerprint density at radius 1 is 0.929 bits per heavy atom. The highest BCUT2D eigenvalue weighted by atomic mass is 16.6. The van der Waals surface area contributed by atoms with E-state index in [4.69, 9.17) is 4.74 Å². The van der Waals surface area contributed by atoms with E-state index >= 15 is 0 Å². The van der Waals surface area contributed by atoms with Crippen LogP contribution in [-0.4, -0.2) is 28.5 Å². The normalized spacial score (nSPS) is 17.7. The molecule has 148 valence electrons. The smallest absolute Gasteiger partial charge is 0.417 e. The first-order valence-corrected chi connectivity index (χ1v) is 9.80. The Hall–Kier alpha value is -2.62. The lowest BCUT2D eigenvalue weighted by Gasteiger charge is -2.37. The van der Waals surface area contributed by atoms with Gasteiger partial charge in [-0.2, -0.15) is 0 Å². The van der Waals surface area contributed by atoms with E-state index in [-0.39, 0.29) is 17.4 Å². The van der Waals surface area contributed by atoms with Gasteiger partial charge in [-0.05, 0) is 43.9 Å². The van der Waals surface area contributed by atoms with Crippen LogP contribution in [-0.2, 0) is 14.9 Å². The maximum absolute atomic E-state index is 12.7. The third-order valence-corrected chi connectivity index (χ3v) is 5.37. The van der Waals surface area contributed by atoms with Crippen molar-refractivity contribution in [3.63, 3.8) is 0 Å². The molecule has 1 heterocycles. The summed E-state index contributed by atoms with van der Waals surface area (Å²) in [6, 6.07) is 18.4. The topological polar surface area (TPSA) is 46.6 Å². The number of ether oxygens (including phenoxy) is 1. The molecule has 2 aromatic rings. The van der Waals surface area contributed by atoms with E-state index in [2.05, 4.69) is 50.2 Å². The highest BCUT2D eigenvalue weighted by molar-refractivity contribution is 5.94. The number of rotatable bonds is 3. The molecule has 1 aliphatic heterocycles. The second kappa shape index (κ2) is 7.42. The van der Waals surface area contributed by atoms with E-state index in [1.165, 1.54) is 10.5 Å². The predicted molar refractivity (Wildman–Crippen MR) is 111 cm³/mol. The van der Waals surface area contributed by atoms with Crippen molar-refractivity contribution in [2.24, 2.45) is 0 Å². The van der Waals surface area contributed by atoms with Crippen LogP contribution in [0.1, 0.15) is 53.0 Å². The predicted octanol–water partition coefficient (Wildman–Crippen LogP) is 5.56. The average molecular weight is 380 g/mol. The lowest BCUT2D eigenvalue weighted by Crippen LogP contribution is -2.49. The van der Waals surface area contributed by atoms with E-state index in [1.54, 1.807) is 0 Å². The molecule has 1 aliphatic rings. The van der Waals surface area contributed by atoms with Gasteiger partial charge in [-0.15, -0.1) is 0 Å². The average Bonchev–Trinajstić information content (AvgIpc) is 3.04. The van der Waals surface area contributed by atoms with Gasteiger partial charge in [-0.1, -0.05) is 68.4 Å². The summed E-state index contributed by atoms with van der Waals surface area (Å²) in [6.07, 6.45) is 0.468. The number of nitrogens with zero attached hydrogens (tertiary/aromatic N) is 1. The van der Waals surface area contributed by atoms with Gasteiger partial charge in [0.15, 0.2) is 0 Å². The number of amides is 2. The van der Waals surface area contributed by atoms with E-state index in [1.807, 2.05) is 39.0 Å². The highest BCUT2D eigenvalue weighted by Gasteiger charge is 2.46. The molecule has 0 unspecified atom stereocenters. The van der Waals surface area contributed by atoms with Crippen molar-refractivity contribution >= 4 is 12.0 Å². The Balaban J connectivity index is 1.86. The minimum absolute atomic E-state index is 0.159. The van der Waals surface area contributed by atoms with Crippen molar-refractivity contribution in [3.05, 3.63) is 60.2 Å². The Bertz CT molecular complexity index is 848. The molecule has 1 atom stereocenters. The molecule has 0 bridgehead atoms. The maximum Gasteiger partial charge on any atom is 0.417 e. The second-order valence-corrected chi connectivity index (χ2v) is 8.96. The molecule has 0 aromatic heterocycles. The first kappa shape index (κ1) is 20.1. The summed E-state index contributed by atoms with van der Waals surface area (Å²) >= 11 is 0. The lowest BCUT2D eigenvalue weighted by molar-refractivity contribution is -0.128. The summed E-state index contributed by atoms with van der Waals surface area (Å²) in [4.78, 5) is 26.5. The molecule has 0 N–H and O–H groups in total. The number of imide groups is 1. The standard InChI is InChI=1S/C24H29NO3/c1-23(2,3)28-22(27)25-20(15-16-21(25)26)24(4,5)19-13-11-18(12-14-19)17-9-7-6-8-10-17/h6-14,20H,15-16H2,1-5H3/t20-/m0/s1. The molecular formula is C24H29NO3. The van der Waals surface area contributed by atoms with Gasteiger partial charge in [0.2, 0.25) is 5.91 Å². The molecule has 0 radical (unpaired) electrons. The van der Waals surface area contributed by atoms with Gasteiger partial charge in [-0.3, -0.25) is 4.79 Å². The number of carbonyl (C=O) groups excluding carboxylic acids is 2. The third kappa shape index (κ3) is 4.11. The fourth-order valence-electron chi connectivity index (χ4n) is 3.82. The Labute approximate surface area is 167 Å². The van der Waals surface area contributed by atoms with E-state index < -0.39 is 11.7 Å². The second-order valence-electron chi connectivity index (χ2n) is 8.96. The van der Waals surface area contributed by atoms with E-state index in [9.17, 15) is 9.59 Å². The molecule has 1 fully saturated rings. The van der Waals surface area contributed by atoms with Crippen molar-refractivity contribution in [1.82, 2.24) is 4.90 Å². The van der Waals surface area contributed by atoms with E-state index in [0.717, 1.165) is 11.1 Å². The Morgan fingerprint density at radius 2 is 1.50 bits per heavy atom. The molecule has 2 amide bonds. The number of benzene rings is 2. The Morgan fingerprint density at radius 3 is 2.07 bits per heavy atom. The first-order valence-electron chi connectivity index (χ1n) is 9.80. The van der Waals surface area contributed by atoms with Crippen LogP contribution in [0.3, 0.4) is 0 Å². The van der Waals surface area contributed by atoms with Gasteiger partial charge in [0.05, 0.1) is 6.04 Å². The number of hydrogen-bond donors (Lipinski definition) is 0. The minimum atomic E-state index is -0.633. The van der Waals surface area contributed by atoms with Crippen LogP contribution in [0.4, 0.5) is 4.79 Å². The van der Waals surface area contributed by atoms with Gasteiger partial charge >= 0.3 is 6.09 Å². The zero-order valence-corrected chi connectivity index (χ0v) is 17.4. The third-order valence-electron chi connectivity index (χ3n) is 5.37. The fraction of sp³-hybridized carbons (Fsp3) is 0.417. The van der Waals surface area contributed by atoms with Crippen LogP contribution < -0.4 is 0 Å². The molecule has 3 rings (SSSR count). The lowest BCUT2D eigenvalue weighted by atomic mass is 9.76. The van der Waals surface area contributed by atoms with Crippen LogP contribution in [0.2, 0.25) is 0 Å². The summed E-state index contributed by atoms with van der Waals surface area (Å²) in [5, 5.41) is 0. The van der Waals surface area contributed by atoms with Crippen molar-refractivity contribution in [1.29, 1.82) is 0 Å². The van der Waals surface area contributed by atoms with Gasteiger partial charge in [0, 0.05) is 11.8 Å². The van der Waals surface area contributed by atoms with Crippen LogP contribution in [0, 0.1) is 0 Å². The monoisotopic (exact) mass is 379 g/mol. The zero-order chi connectivity index (χ0) is 20.5. The number of carbonyl (C=O) groups is 2. The van der Waals surface area contributed by atoms with Gasteiger partial charge in [-0.25, -0.2) is 9.69 Å². The summed E-state index contributed by atoms with van der Waals surface area (Å²) < 4.78 is 5.50. The first-order chi connectivity index (χ1) is 13.1. The van der Waals surface area contributed by atoms with Crippen molar-refractivity contribution in [2.75, 3.05) is 0 Å². The number of hydrogen-bond acceptors (Lipinski definition) is 3. The summed E-state index contributed by atoms with van der Waals surface area (Å²) in [6.45, 7) is 9.62. The van der Waals surface area contributed by atoms with Crippen molar-refractivity contribution in [3.8, 4) is 11.1 Å². The molecule has 0 saturated carbocycles. The Kier molecular flexibility index (Phi) is 5.33. The molecule has 1 saturated heterocycles. The van der Waals surface area contributed by atoms with Gasteiger partial charge in [0.25, 0.3) is 0 Å². The summed E-state index contributed by atoms with van der Waals surface area (Å²) in [5.41, 5.74) is 2.40. The molecule has 4 nitrogen and oxygen atoms in total. The van der Waals surface area contributed by atoms with Crippen LogP contribution in [0.15, 0.2) is 54.6 Å². The molecule has 4 heteroatoms. The largest absolute Gasteiger partial charge is 0.443 e. The zero-order valence-electron chi connectivity index (χ0n) is 17.4. The molecular weight excluding hydrogens is 350 g/mol. The minimum Gasteiger partial charge on any atom is -0.443 e. The quantitative estimate of drug-likeness (QED) is 0.702. The van der Waals surface area contributed by atoms with Crippen molar-refractivity contribution in [2.45, 2.75) is 64.5 Å². The maximum atomic E-state index is 12.7. The summed E-state index contributed by atoms with van der Waals surface area (Å²) in [7, 11) is 0. The van der Waals surface area contributed by atoms with Gasteiger partial charge in [0.1, 0.15) is 5.60 Å². The van der Waals surface area contributed by atoms with Crippen molar-refractivity contribution < 1.29 is 14.3 Å². The van der Waals surface area contributed by atoms with Crippen LogP contribution >= 0.6 is 0 Å². The molecule has 0 aliphatic carbocycles. The SMILES string of the molecule is CC(C)(C)OC(=O)N1C(=O)CC[C@H]1C(C)(C)c1ccc(-c2ccccc2)cc1. The molecule has 2 aromatic carbocycles. The fourth-order valence-corrected chi connectivity index (χ4v) is 3.82.